The molecule has 6 aliphatic rings. The molecule has 0 saturated heterocycles. The van der Waals surface area contributed by atoms with Crippen molar-refractivity contribution in [3.8, 4) is 46.0 Å². The molecule has 0 radical (unpaired) electrons. The zero-order valence-corrected chi connectivity index (χ0v) is 44.2. The molecule has 0 atom stereocenters. The summed E-state index contributed by atoms with van der Waals surface area (Å²) in [7, 11) is 2.21. The summed E-state index contributed by atoms with van der Waals surface area (Å²) in [6.45, 7) is 20.0. The number of fused-ring (bicyclic) bond motifs is 16. The van der Waals surface area contributed by atoms with Gasteiger partial charge in [-0.1, -0.05) is 65.8 Å². The largest absolute Gasteiger partial charge is 0.458 e. The summed E-state index contributed by atoms with van der Waals surface area (Å²) in [5.74, 6) is 7.35. The normalized spacial score (nSPS) is 15.1. The second-order valence-corrected chi connectivity index (χ2v) is 25.6. The lowest BCUT2D eigenvalue weighted by Crippen LogP contribution is -2.64. The first-order valence-electron chi connectivity index (χ1n) is 24.7. The summed E-state index contributed by atoms with van der Waals surface area (Å²) in [6, 6.07) is 37.1. The fraction of sp³-hybridized carbons (Fsp3) is 0.220. The molecule has 12 heteroatoms. The van der Waals surface area contributed by atoms with Crippen LogP contribution in [0, 0.1) is 20.8 Å². The van der Waals surface area contributed by atoms with Gasteiger partial charge in [-0.25, -0.2) is 0 Å². The van der Waals surface area contributed by atoms with Crippen molar-refractivity contribution in [1.29, 1.82) is 0 Å². The first-order chi connectivity index (χ1) is 34.0. The first kappa shape index (κ1) is 42.5. The SMILES string of the molecule is CSN1c2cc3c(cc2B2c4cc5c(cc4Oc4cc(C)cc1c42)N(C)c1cc(C)cc2c1B5c1sc4ccc(C(C)(C)C)cc4c1O2)B1c2sc4ccc(C(C)(C)C)cc4c2Oc2cc(C)cc(c21)O3. The predicted molar refractivity (Wildman–Crippen MR) is 305 cm³/mol. The minimum atomic E-state index is -0.117. The maximum absolute atomic E-state index is 7.23. The Morgan fingerprint density at radius 2 is 0.901 bits per heavy atom. The van der Waals surface area contributed by atoms with Gasteiger partial charge < -0.3 is 23.8 Å². The monoisotopic (exact) mass is 978 g/mol. The Morgan fingerprint density at radius 3 is 1.46 bits per heavy atom. The maximum atomic E-state index is 7.23. The van der Waals surface area contributed by atoms with E-state index in [4.69, 9.17) is 18.9 Å². The lowest BCUT2D eigenvalue weighted by Gasteiger charge is -2.42. The molecular weight excluding hydrogens is 929 g/mol. The van der Waals surface area contributed by atoms with Crippen LogP contribution in [-0.2, 0) is 10.8 Å². The molecule has 8 heterocycles. The van der Waals surface area contributed by atoms with Crippen molar-refractivity contribution in [1.82, 2.24) is 0 Å². The van der Waals surface area contributed by atoms with Gasteiger partial charge in [-0.15, -0.1) is 22.7 Å². The highest BCUT2D eigenvalue weighted by Gasteiger charge is 2.49. The van der Waals surface area contributed by atoms with Gasteiger partial charge in [0.05, 0.1) is 11.4 Å². The predicted octanol–water partition coefficient (Wildman–Crippen LogP) is 10.4. The minimum Gasteiger partial charge on any atom is -0.458 e. The molecule has 0 unspecified atom stereocenters. The van der Waals surface area contributed by atoms with Crippen LogP contribution >= 0.6 is 34.6 Å². The third kappa shape index (κ3) is 5.75. The molecule has 0 aliphatic carbocycles. The van der Waals surface area contributed by atoms with E-state index < -0.39 is 0 Å². The summed E-state index contributed by atoms with van der Waals surface area (Å²) in [6.07, 6.45) is 2.18. The van der Waals surface area contributed by atoms with Gasteiger partial charge in [0.2, 0.25) is 0 Å². The van der Waals surface area contributed by atoms with Crippen LogP contribution in [0.5, 0.6) is 46.0 Å². The van der Waals surface area contributed by atoms with Crippen molar-refractivity contribution in [2.45, 2.75) is 73.1 Å². The van der Waals surface area contributed by atoms with Crippen molar-refractivity contribution >= 4 is 145 Å². The Kier molecular flexibility index (Phi) is 8.41. The molecule has 71 heavy (non-hydrogen) atoms. The zero-order valence-electron chi connectivity index (χ0n) is 41.7. The van der Waals surface area contributed by atoms with Crippen molar-refractivity contribution in [2.75, 3.05) is 22.5 Å². The number of hydrogen-bond donors (Lipinski definition) is 0. The van der Waals surface area contributed by atoms with Crippen LogP contribution < -0.4 is 75.9 Å². The second kappa shape index (κ2) is 14.1. The van der Waals surface area contributed by atoms with Crippen LogP contribution in [0.4, 0.5) is 22.7 Å². The van der Waals surface area contributed by atoms with E-state index in [0.717, 1.165) is 79.6 Å². The standard InChI is InChI=1S/C59H49B3N2O4S3/c1-28-16-41-51-46(19-28)67-54-33-22-31(58(4,5)6)12-14-49(33)70-56(54)61(51)35-24-37-43(26-39(35)63(41)10)65-45-18-29(2)17-42-52(45)60(37)36-25-38-44(27-40(36)64(42)69-11)66-47-20-30(3)21-48-53(47)62(38)57-55(68-48)34-23-32(59(7,8)9)13-15-50(34)71-57/h12-27H,1-11H3. The Morgan fingerprint density at radius 1 is 0.451 bits per heavy atom. The fourth-order valence-corrected chi connectivity index (χ4v) is 15.8. The fourth-order valence-electron chi connectivity index (χ4n) is 12.6. The number of nitrogens with zero attached hydrogens (tertiary/aromatic N) is 2. The van der Waals surface area contributed by atoms with Crippen molar-refractivity contribution in [3.05, 3.63) is 125 Å². The zero-order chi connectivity index (χ0) is 48.5. The average molecular weight is 979 g/mol. The van der Waals surface area contributed by atoms with Gasteiger partial charge in [0.25, 0.3) is 20.1 Å². The first-order valence-corrected chi connectivity index (χ1v) is 27.5. The van der Waals surface area contributed by atoms with E-state index in [1.165, 1.54) is 84.9 Å². The van der Waals surface area contributed by atoms with E-state index in [2.05, 4.69) is 182 Å². The molecule has 0 saturated carbocycles. The van der Waals surface area contributed by atoms with Crippen molar-refractivity contribution in [3.63, 3.8) is 0 Å². The van der Waals surface area contributed by atoms with E-state index in [9.17, 15) is 0 Å². The lowest BCUT2D eigenvalue weighted by atomic mass is 9.31. The summed E-state index contributed by atoms with van der Waals surface area (Å²) < 4.78 is 35.9. The smallest absolute Gasteiger partial charge is 0.273 e. The number of ether oxygens (including phenoxy) is 4. The van der Waals surface area contributed by atoms with Gasteiger partial charge in [0, 0.05) is 72.0 Å². The molecule has 6 nitrogen and oxygen atoms in total. The molecule has 346 valence electrons. The number of aryl methyl sites for hydroxylation is 3. The summed E-state index contributed by atoms with van der Waals surface area (Å²) in [4.78, 5) is 2.37. The third-order valence-electron chi connectivity index (χ3n) is 16.0. The quantitative estimate of drug-likeness (QED) is 0.120. The van der Waals surface area contributed by atoms with Crippen molar-refractivity contribution < 1.29 is 18.9 Å². The van der Waals surface area contributed by atoms with E-state index in [1.54, 1.807) is 11.9 Å². The molecule has 7 aromatic carbocycles. The minimum absolute atomic E-state index is 0.000989. The highest BCUT2D eigenvalue weighted by molar-refractivity contribution is 8.00. The van der Waals surface area contributed by atoms with E-state index in [-0.39, 0.29) is 31.0 Å². The number of thiophene rings is 2. The molecule has 6 aliphatic heterocycles. The molecule has 9 aromatic rings. The Labute approximate surface area is 428 Å². The van der Waals surface area contributed by atoms with Gasteiger partial charge in [-0.3, -0.25) is 4.31 Å². The van der Waals surface area contributed by atoms with Crippen LogP contribution in [0.1, 0.15) is 69.4 Å². The van der Waals surface area contributed by atoms with Crippen LogP contribution in [0.15, 0.2) is 97.1 Å². The van der Waals surface area contributed by atoms with Crippen LogP contribution in [-0.4, -0.2) is 33.4 Å². The van der Waals surface area contributed by atoms with Gasteiger partial charge in [0.1, 0.15) is 46.0 Å². The Balaban J connectivity index is 0.974. The average Bonchev–Trinajstić information content (AvgIpc) is 3.88. The number of benzene rings is 7. The number of hydrogen-bond acceptors (Lipinski definition) is 9. The molecular formula is C59H49B3N2O4S3. The van der Waals surface area contributed by atoms with Gasteiger partial charge in [-0.05, 0) is 165 Å². The molecule has 2 aromatic heterocycles. The van der Waals surface area contributed by atoms with Gasteiger partial charge >= 0.3 is 0 Å². The molecule has 15 rings (SSSR count). The van der Waals surface area contributed by atoms with Crippen LogP contribution in [0.2, 0.25) is 0 Å². The highest BCUT2D eigenvalue weighted by Crippen LogP contribution is 2.48. The summed E-state index contributed by atoms with van der Waals surface area (Å²) in [5.41, 5.74) is 19.1. The summed E-state index contributed by atoms with van der Waals surface area (Å²) >= 11 is 5.46. The third-order valence-corrected chi connectivity index (χ3v) is 19.2. The molecule has 0 bridgehead atoms. The van der Waals surface area contributed by atoms with E-state index >= 15 is 0 Å². The van der Waals surface area contributed by atoms with E-state index in [0.29, 0.717) is 0 Å². The number of anilines is 4. The highest BCUT2D eigenvalue weighted by atomic mass is 32.2. The van der Waals surface area contributed by atoms with Crippen LogP contribution in [0.25, 0.3) is 20.2 Å². The van der Waals surface area contributed by atoms with Crippen molar-refractivity contribution in [2.24, 2.45) is 0 Å². The maximum Gasteiger partial charge on any atom is 0.273 e. The van der Waals surface area contributed by atoms with Crippen LogP contribution in [0.3, 0.4) is 0 Å². The topological polar surface area (TPSA) is 43.4 Å². The Hall–Kier alpha value is -6.20. The molecule has 0 amide bonds. The molecule has 0 N–H and O–H groups in total. The second-order valence-electron chi connectivity index (χ2n) is 22.7. The molecule has 0 spiro atoms. The van der Waals surface area contributed by atoms with E-state index in [1.807, 2.05) is 22.7 Å². The molecule has 0 fully saturated rings. The van der Waals surface area contributed by atoms with Gasteiger partial charge in [0.15, 0.2) is 0 Å². The lowest BCUT2D eigenvalue weighted by molar-refractivity contribution is 0.467. The number of rotatable bonds is 1. The van der Waals surface area contributed by atoms with Gasteiger partial charge in [-0.2, -0.15) is 0 Å². The Bertz CT molecular complexity index is 3960. The summed E-state index contributed by atoms with van der Waals surface area (Å²) in [5, 5.41) is 2.37.